The van der Waals surface area contributed by atoms with Crippen molar-refractivity contribution in [2.45, 2.75) is 6.92 Å². The van der Waals surface area contributed by atoms with Gasteiger partial charge >= 0.3 is 0 Å². The number of aromatic nitrogens is 4. The smallest absolute Gasteiger partial charge is 0.208 e. The van der Waals surface area contributed by atoms with Crippen molar-refractivity contribution < 1.29 is 4.39 Å². The van der Waals surface area contributed by atoms with E-state index in [9.17, 15) is 4.39 Å². The number of pyridine rings is 2. The topological polar surface area (TPSA) is 69.6 Å². The maximum Gasteiger partial charge on any atom is 0.208 e. The van der Waals surface area contributed by atoms with Gasteiger partial charge in [0.15, 0.2) is 5.65 Å². The molecule has 3 heterocycles. The molecule has 5 nitrogen and oxygen atoms in total. The molecule has 6 heteroatoms. The molecule has 18 heavy (non-hydrogen) atoms. The van der Waals surface area contributed by atoms with E-state index in [-0.39, 0.29) is 5.95 Å². The minimum atomic E-state index is -0.397. The number of fused-ring (bicyclic) bond motifs is 1. The van der Waals surface area contributed by atoms with E-state index >= 15 is 0 Å². The summed E-state index contributed by atoms with van der Waals surface area (Å²) in [6.07, 6.45) is 1.14. The average Bonchev–Trinajstić information content (AvgIpc) is 2.66. The first kappa shape index (κ1) is 10.6. The molecule has 2 N–H and O–H groups in total. The van der Waals surface area contributed by atoms with Crippen LogP contribution in [0, 0.1) is 12.7 Å². The Morgan fingerprint density at radius 3 is 2.72 bits per heavy atom. The van der Waals surface area contributed by atoms with Crippen molar-refractivity contribution in [3.8, 4) is 5.82 Å². The molecule has 0 saturated carbocycles. The molecule has 0 bridgehead atoms. The fourth-order valence-corrected chi connectivity index (χ4v) is 1.80. The van der Waals surface area contributed by atoms with Crippen LogP contribution in [0.3, 0.4) is 0 Å². The molecule has 0 unspecified atom stereocenters. The lowest BCUT2D eigenvalue weighted by molar-refractivity contribution is 0.620. The predicted octanol–water partition coefficient (Wildman–Crippen LogP) is 1.85. The van der Waals surface area contributed by atoms with Gasteiger partial charge in [0.05, 0.1) is 6.20 Å². The molecule has 0 atom stereocenters. The molecule has 0 amide bonds. The lowest BCUT2D eigenvalue weighted by Gasteiger charge is -2.04. The Labute approximate surface area is 102 Å². The number of nitrogens with zero attached hydrogens (tertiary/aromatic N) is 4. The van der Waals surface area contributed by atoms with Crippen molar-refractivity contribution in [2.24, 2.45) is 0 Å². The maximum atomic E-state index is 12.9. The molecule has 0 saturated heterocycles. The second-order valence-electron chi connectivity index (χ2n) is 3.94. The molecule has 0 spiro atoms. The summed E-state index contributed by atoms with van der Waals surface area (Å²) < 4.78 is 14.5. The predicted molar refractivity (Wildman–Crippen MR) is 65.8 cm³/mol. The van der Waals surface area contributed by atoms with Gasteiger partial charge in [-0.05, 0) is 31.2 Å². The number of hydrogen-bond acceptors (Lipinski definition) is 4. The highest BCUT2D eigenvalue weighted by molar-refractivity contribution is 5.76. The zero-order valence-electron chi connectivity index (χ0n) is 9.63. The average molecular weight is 243 g/mol. The van der Waals surface area contributed by atoms with Crippen molar-refractivity contribution in [2.75, 3.05) is 5.73 Å². The second kappa shape index (κ2) is 3.76. The van der Waals surface area contributed by atoms with E-state index in [0.29, 0.717) is 17.0 Å². The van der Waals surface area contributed by atoms with E-state index in [1.807, 2.05) is 19.1 Å². The molecule has 3 aromatic heterocycles. The Balaban J connectivity index is 2.30. The van der Waals surface area contributed by atoms with Crippen molar-refractivity contribution in [3.63, 3.8) is 0 Å². The first-order valence-electron chi connectivity index (χ1n) is 5.38. The molecule has 90 valence electrons. The molecular formula is C12H10FN5. The summed E-state index contributed by atoms with van der Waals surface area (Å²) in [5.74, 6) is 0.377. The molecule has 0 aliphatic heterocycles. The Bertz CT molecular complexity index is 717. The third-order valence-electron chi connectivity index (χ3n) is 2.61. The number of rotatable bonds is 1. The van der Waals surface area contributed by atoms with E-state index in [4.69, 9.17) is 5.73 Å². The van der Waals surface area contributed by atoms with E-state index in [2.05, 4.69) is 15.0 Å². The van der Waals surface area contributed by atoms with Gasteiger partial charge in [0.1, 0.15) is 17.2 Å². The maximum absolute atomic E-state index is 12.9. The summed E-state index contributed by atoms with van der Waals surface area (Å²) in [7, 11) is 0. The fourth-order valence-electron chi connectivity index (χ4n) is 1.80. The summed E-state index contributed by atoms with van der Waals surface area (Å²) in [6.45, 7) is 1.88. The Morgan fingerprint density at radius 1 is 1.17 bits per heavy atom. The molecule has 3 rings (SSSR count). The summed E-state index contributed by atoms with van der Waals surface area (Å²) in [5, 5.41) is 0. The first-order chi connectivity index (χ1) is 8.65. The van der Waals surface area contributed by atoms with Crippen LogP contribution in [0.4, 0.5) is 10.3 Å². The monoisotopic (exact) mass is 243 g/mol. The van der Waals surface area contributed by atoms with Gasteiger partial charge in [-0.1, -0.05) is 0 Å². The molecule has 0 radical (unpaired) electrons. The Morgan fingerprint density at radius 2 is 2.00 bits per heavy atom. The van der Waals surface area contributed by atoms with E-state index < -0.39 is 5.82 Å². The molecule has 0 aliphatic rings. The van der Waals surface area contributed by atoms with Gasteiger partial charge in [0.25, 0.3) is 0 Å². The quantitative estimate of drug-likeness (QED) is 0.708. The number of nitrogens with two attached hydrogens (primary N) is 1. The standard InChI is InChI=1S/C12H10FN5/c1-7-2-4-9-11(16-7)18(12(14)17-9)10-5-3-8(13)6-15-10/h2-6H,1H3,(H2,14,17). The van der Waals surface area contributed by atoms with Gasteiger partial charge in [0, 0.05) is 5.69 Å². The normalized spacial score (nSPS) is 11.0. The number of halogens is 1. The van der Waals surface area contributed by atoms with E-state index in [0.717, 1.165) is 11.9 Å². The fraction of sp³-hybridized carbons (Fsp3) is 0.0833. The number of nitrogen functional groups attached to an aromatic ring is 1. The summed E-state index contributed by atoms with van der Waals surface area (Å²) >= 11 is 0. The van der Waals surface area contributed by atoms with Crippen molar-refractivity contribution in [3.05, 3.63) is 42.0 Å². The number of imidazole rings is 1. The Kier molecular flexibility index (Phi) is 2.22. The van der Waals surface area contributed by atoms with Crippen LogP contribution in [0.15, 0.2) is 30.5 Å². The van der Waals surface area contributed by atoms with Crippen LogP contribution >= 0.6 is 0 Å². The number of aryl methyl sites for hydroxylation is 1. The lowest BCUT2D eigenvalue weighted by atomic mass is 10.3. The van der Waals surface area contributed by atoms with Crippen LogP contribution in [0.1, 0.15) is 5.69 Å². The number of hydrogen-bond donors (Lipinski definition) is 1. The van der Waals surface area contributed by atoms with Gasteiger partial charge in [-0.3, -0.25) is 0 Å². The third-order valence-corrected chi connectivity index (χ3v) is 2.61. The van der Waals surface area contributed by atoms with Crippen LogP contribution in [0.2, 0.25) is 0 Å². The zero-order valence-corrected chi connectivity index (χ0v) is 9.63. The molecule has 0 fully saturated rings. The van der Waals surface area contributed by atoms with Crippen molar-refractivity contribution in [1.29, 1.82) is 0 Å². The molecule has 0 aromatic carbocycles. The van der Waals surface area contributed by atoms with Crippen LogP contribution in [-0.4, -0.2) is 19.5 Å². The molecule has 0 aliphatic carbocycles. The van der Waals surface area contributed by atoms with Gasteiger partial charge in [-0.2, -0.15) is 0 Å². The summed E-state index contributed by atoms with van der Waals surface area (Å²) in [6, 6.07) is 6.56. The highest BCUT2D eigenvalue weighted by Crippen LogP contribution is 2.20. The minimum Gasteiger partial charge on any atom is -0.369 e. The van der Waals surface area contributed by atoms with Crippen LogP contribution in [-0.2, 0) is 0 Å². The van der Waals surface area contributed by atoms with Gasteiger partial charge in [0.2, 0.25) is 5.95 Å². The largest absolute Gasteiger partial charge is 0.369 e. The van der Waals surface area contributed by atoms with Crippen LogP contribution in [0.5, 0.6) is 0 Å². The molecular weight excluding hydrogens is 233 g/mol. The van der Waals surface area contributed by atoms with Crippen LogP contribution < -0.4 is 5.73 Å². The van der Waals surface area contributed by atoms with E-state index in [1.54, 1.807) is 4.57 Å². The summed E-state index contributed by atoms with van der Waals surface area (Å²) in [4.78, 5) is 12.6. The van der Waals surface area contributed by atoms with Gasteiger partial charge in [-0.25, -0.2) is 23.9 Å². The minimum absolute atomic E-state index is 0.280. The first-order valence-corrected chi connectivity index (χ1v) is 5.38. The van der Waals surface area contributed by atoms with E-state index in [1.165, 1.54) is 12.1 Å². The molecule has 3 aromatic rings. The van der Waals surface area contributed by atoms with Gasteiger partial charge < -0.3 is 5.73 Å². The van der Waals surface area contributed by atoms with Crippen LogP contribution in [0.25, 0.3) is 17.0 Å². The number of anilines is 1. The SMILES string of the molecule is Cc1ccc2nc(N)n(-c3ccc(F)cn3)c2n1. The highest BCUT2D eigenvalue weighted by atomic mass is 19.1. The Hall–Kier alpha value is -2.50. The van der Waals surface area contributed by atoms with Crippen molar-refractivity contribution in [1.82, 2.24) is 19.5 Å². The zero-order chi connectivity index (χ0) is 12.7. The summed E-state index contributed by atoms with van der Waals surface area (Å²) in [5.41, 5.74) is 8.01. The lowest BCUT2D eigenvalue weighted by Crippen LogP contribution is -2.03. The highest BCUT2D eigenvalue weighted by Gasteiger charge is 2.12. The van der Waals surface area contributed by atoms with Gasteiger partial charge in [-0.15, -0.1) is 0 Å². The van der Waals surface area contributed by atoms with Crippen molar-refractivity contribution >= 4 is 17.1 Å². The third kappa shape index (κ3) is 1.58. The second-order valence-corrected chi connectivity index (χ2v) is 3.94.